The Morgan fingerprint density at radius 1 is 1.24 bits per heavy atom. The number of thiazole rings is 1. The molecule has 0 saturated heterocycles. The Labute approximate surface area is 195 Å². The Balaban J connectivity index is 1.95. The van der Waals surface area contributed by atoms with Crippen LogP contribution in [0, 0.1) is 6.92 Å². The van der Waals surface area contributed by atoms with Gasteiger partial charge in [-0.25, -0.2) is 9.79 Å². The van der Waals surface area contributed by atoms with E-state index in [9.17, 15) is 9.59 Å². The van der Waals surface area contributed by atoms with Gasteiger partial charge in [0.1, 0.15) is 0 Å². The van der Waals surface area contributed by atoms with E-state index in [1.165, 1.54) is 11.3 Å². The van der Waals surface area contributed by atoms with Crippen LogP contribution in [-0.4, -0.2) is 41.0 Å². The van der Waals surface area contributed by atoms with Crippen molar-refractivity contribution in [3.63, 3.8) is 0 Å². The van der Waals surface area contributed by atoms with E-state index in [-0.39, 0.29) is 12.2 Å². The van der Waals surface area contributed by atoms with Crippen LogP contribution >= 0.6 is 11.3 Å². The average Bonchev–Trinajstić information content (AvgIpc) is 3.26. The number of aromatic nitrogens is 3. The van der Waals surface area contributed by atoms with Crippen molar-refractivity contribution in [1.82, 2.24) is 14.3 Å². The molecule has 172 valence electrons. The van der Waals surface area contributed by atoms with Crippen molar-refractivity contribution < 1.29 is 9.53 Å². The maximum absolute atomic E-state index is 13.6. The van der Waals surface area contributed by atoms with Gasteiger partial charge in [0.2, 0.25) is 0 Å². The van der Waals surface area contributed by atoms with Crippen LogP contribution in [0.3, 0.4) is 0 Å². The number of hydrogen-bond acceptors (Lipinski definition) is 7. The van der Waals surface area contributed by atoms with E-state index < -0.39 is 12.0 Å². The van der Waals surface area contributed by atoms with Crippen LogP contribution in [0.25, 0.3) is 6.08 Å². The molecule has 3 aromatic rings. The molecule has 0 N–H and O–H groups in total. The molecule has 1 aromatic carbocycles. The molecule has 0 saturated carbocycles. The number of hydrogen-bond donors (Lipinski definition) is 0. The third-order valence-corrected chi connectivity index (χ3v) is 6.79. The molecule has 1 aliphatic rings. The lowest BCUT2D eigenvalue weighted by atomic mass is 9.95. The molecule has 0 aliphatic carbocycles. The first kappa shape index (κ1) is 22.7. The normalized spacial score (nSPS) is 15.9. The average molecular weight is 466 g/mol. The Hall–Kier alpha value is -3.46. The largest absolute Gasteiger partial charge is 0.463 e. The van der Waals surface area contributed by atoms with E-state index in [0.717, 1.165) is 22.5 Å². The van der Waals surface area contributed by atoms with Crippen molar-refractivity contribution in [3.8, 4) is 0 Å². The van der Waals surface area contributed by atoms with Crippen LogP contribution in [0.2, 0.25) is 0 Å². The molecule has 0 bridgehead atoms. The number of nitrogens with zero attached hydrogens (tertiary/aromatic N) is 5. The summed E-state index contributed by atoms with van der Waals surface area (Å²) in [7, 11) is 5.79. The molecule has 0 amide bonds. The van der Waals surface area contributed by atoms with Crippen molar-refractivity contribution in [2.24, 2.45) is 12.0 Å². The van der Waals surface area contributed by atoms with Crippen LogP contribution in [0.1, 0.15) is 36.7 Å². The minimum Gasteiger partial charge on any atom is -0.463 e. The van der Waals surface area contributed by atoms with Gasteiger partial charge in [0.05, 0.1) is 34.6 Å². The standard InChI is InChI=1S/C24H27N5O3S/c1-7-32-23(31)20-14(2)26-24-29(21(20)16-8-10-18(11-9-16)27(4)5)22(30)19(33-24)12-17-13-25-28(6)15(17)3/h8-13,21H,7H2,1-6H3/b19-12-/t21-/m0/s1. The summed E-state index contributed by atoms with van der Waals surface area (Å²) in [5.41, 5.74) is 4.42. The molecule has 4 rings (SSSR count). The molecule has 0 spiro atoms. The summed E-state index contributed by atoms with van der Waals surface area (Å²) in [5, 5.41) is 4.26. The first-order valence-electron chi connectivity index (χ1n) is 10.7. The molecular weight excluding hydrogens is 438 g/mol. The number of carbonyl (C=O) groups excluding carboxylic acids is 1. The van der Waals surface area contributed by atoms with Crippen molar-refractivity contribution in [3.05, 3.63) is 78.2 Å². The molecule has 0 fully saturated rings. The van der Waals surface area contributed by atoms with Crippen molar-refractivity contribution in [2.75, 3.05) is 25.6 Å². The third kappa shape index (κ3) is 4.04. The Bertz CT molecular complexity index is 1420. The number of fused-ring (bicyclic) bond motifs is 1. The molecule has 33 heavy (non-hydrogen) atoms. The van der Waals surface area contributed by atoms with E-state index in [0.29, 0.717) is 20.6 Å². The third-order valence-electron chi connectivity index (χ3n) is 5.80. The maximum atomic E-state index is 13.6. The van der Waals surface area contributed by atoms with Crippen molar-refractivity contribution in [1.29, 1.82) is 0 Å². The Morgan fingerprint density at radius 3 is 2.52 bits per heavy atom. The highest BCUT2D eigenvalue weighted by atomic mass is 32.1. The minimum absolute atomic E-state index is 0.196. The molecule has 0 unspecified atom stereocenters. The predicted octanol–water partition coefficient (Wildman–Crippen LogP) is 1.91. The predicted molar refractivity (Wildman–Crippen MR) is 129 cm³/mol. The summed E-state index contributed by atoms with van der Waals surface area (Å²) in [5.74, 6) is -0.460. The highest BCUT2D eigenvalue weighted by Crippen LogP contribution is 2.31. The zero-order chi connectivity index (χ0) is 23.9. The molecule has 1 aliphatic heterocycles. The van der Waals surface area contributed by atoms with Crippen molar-refractivity contribution >= 4 is 29.1 Å². The minimum atomic E-state index is -0.617. The summed E-state index contributed by atoms with van der Waals surface area (Å²) in [4.78, 5) is 33.7. The van der Waals surface area contributed by atoms with E-state index in [2.05, 4.69) is 10.1 Å². The second-order valence-electron chi connectivity index (χ2n) is 8.10. The number of aryl methyl sites for hydroxylation is 1. The zero-order valence-corrected chi connectivity index (χ0v) is 20.4. The highest BCUT2D eigenvalue weighted by Gasteiger charge is 2.33. The molecule has 2 aromatic heterocycles. The summed E-state index contributed by atoms with van der Waals surface area (Å²) < 4.78 is 9.25. The molecule has 8 nitrogen and oxygen atoms in total. The highest BCUT2D eigenvalue weighted by molar-refractivity contribution is 7.07. The fourth-order valence-corrected chi connectivity index (χ4v) is 4.90. The SMILES string of the molecule is CCOC(=O)C1=C(C)N=c2s/c(=C\c3cnn(C)c3C)c(=O)n2[C@H]1c1ccc(N(C)C)cc1. The molecule has 0 radical (unpaired) electrons. The number of rotatable bonds is 5. The number of anilines is 1. The molecular formula is C24H27N5O3S. The van der Waals surface area contributed by atoms with Crippen LogP contribution < -0.4 is 19.8 Å². The van der Waals surface area contributed by atoms with Gasteiger partial charge in [-0.15, -0.1) is 0 Å². The smallest absolute Gasteiger partial charge is 0.338 e. The van der Waals surface area contributed by atoms with Gasteiger partial charge in [-0.1, -0.05) is 23.5 Å². The van der Waals surface area contributed by atoms with Crippen LogP contribution in [0.15, 0.2) is 51.5 Å². The zero-order valence-electron chi connectivity index (χ0n) is 19.6. The van der Waals surface area contributed by atoms with Gasteiger partial charge < -0.3 is 9.64 Å². The van der Waals surface area contributed by atoms with Crippen LogP contribution in [0.4, 0.5) is 5.69 Å². The van der Waals surface area contributed by atoms with Gasteiger partial charge in [-0.3, -0.25) is 14.0 Å². The number of ether oxygens (including phenoxy) is 1. The maximum Gasteiger partial charge on any atom is 0.338 e. The number of carbonyl (C=O) groups is 1. The summed E-state index contributed by atoms with van der Waals surface area (Å²) in [6, 6.07) is 7.22. The van der Waals surface area contributed by atoms with E-state index in [1.807, 2.05) is 63.3 Å². The second-order valence-corrected chi connectivity index (χ2v) is 9.11. The lowest BCUT2D eigenvalue weighted by molar-refractivity contribution is -0.139. The van der Waals surface area contributed by atoms with Crippen LogP contribution in [-0.2, 0) is 16.6 Å². The van der Waals surface area contributed by atoms with E-state index in [4.69, 9.17) is 4.74 Å². The number of allylic oxidation sites excluding steroid dienone is 1. The fraction of sp³-hybridized carbons (Fsp3) is 0.333. The monoisotopic (exact) mass is 465 g/mol. The van der Waals surface area contributed by atoms with E-state index >= 15 is 0 Å². The topological polar surface area (TPSA) is 81.7 Å². The van der Waals surface area contributed by atoms with Crippen molar-refractivity contribution in [2.45, 2.75) is 26.8 Å². The first-order valence-corrected chi connectivity index (χ1v) is 11.5. The number of benzene rings is 1. The van der Waals surface area contributed by atoms with E-state index in [1.54, 1.807) is 29.3 Å². The lowest BCUT2D eigenvalue weighted by Crippen LogP contribution is -2.40. The summed E-state index contributed by atoms with van der Waals surface area (Å²) >= 11 is 1.31. The summed E-state index contributed by atoms with van der Waals surface area (Å²) in [6.45, 7) is 5.75. The van der Waals surface area contributed by atoms with Gasteiger partial charge in [-0.2, -0.15) is 5.10 Å². The number of esters is 1. The van der Waals surface area contributed by atoms with Crippen LogP contribution in [0.5, 0.6) is 0 Å². The Morgan fingerprint density at radius 2 is 1.94 bits per heavy atom. The van der Waals surface area contributed by atoms with Gasteiger partial charge in [0, 0.05) is 38.1 Å². The lowest BCUT2D eigenvalue weighted by Gasteiger charge is -2.25. The Kier molecular flexibility index (Phi) is 6.07. The van der Waals surface area contributed by atoms with Gasteiger partial charge >= 0.3 is 5.97 Å². The molecule has 3 heterocycles. The van der Waals surface area contributed by atoms with Gasteiger partial charge in [-0.05, 0) is 44.5 Å². The fourth-order valence-electron chi connectivity index (χ4n) is 3.86. The van der Waals surface area contributed by atoms with Gasteiger partial charge in [0.15, 0.2) is 4.80 Å². The molecule has 1 atom stereocenters. The first-order chi connectivity index (χ1) is 15.7. The second kappa shape index (κ2) is 8.82. The molecule has 9 heteroatoms. The quantitative estimate of drug-likeness (QED) is 0.538. The summed E-state index contributed by atoms with van der Waals surface area (Å²) in [6.07, 6.45) is 3.57. The van der Waals surface area contributed by atoms with Gasteiger partial charge in [0.25, 0.3) is 5.56 Å².